The number of carboxylic acid groups (broad SMARTS) is 1. The van der Waals surface area contributed by atoms with Crippen LogP contribution < -0.4 is 5.32 Å². The van der Waals surface area contributed by atoms with Gasteiger partial charge in [-0.05, 0) is 92.7 Å². The molecule has 2 rings (SSSR count). The highest BCUT2D eigenvalue weighted by Gasteiger charge is 2.32. The quantitative estimate of drug-likeness (QED) is 0.397. The second-order valence-electron chi connectivity index (χ2n) is 5.06. The predicted octanol–water partition coefficient (Wildman–Crippen LogP) is 3.87. The Hall–Kier alpha value is 0.350. The number of carbonyl (C=O) groups is 2. The minimum absolute atomic E-state index is 0.172. The maximum atomic E-state index is 12.5. The molecule has 2 N–H and O–H groups in total. The van der Waals surface area contributed by atoms with Crippen LogP contribution in [0, 0.1) is 16.6 Å². The number of halogens is 3. The van der Waals surface area contributed by atoms with E-state index in [1.165, 1.54) is 0 Å². The van der Waals surface area contributed by atoms with Gasteiger partial charge in [0.2, 0.25) is 0 Å². The van der Waals surface area contributed by atoms with E-state index in [-0.39, 0.29) is 11.9 Å². The first kappa shape index (κ1) is 17.7. The molecular weight excluding hydrogens is 611 g/mol. The Morgan fingerprint density at radius 1 is 1.14 bits per heavy atom. The lowest BCUT2D eigenvalue weighted by Crippen LogP contribution is -2.45. The molecule has 4 nitrogen and oxygen atoms in total. The summed E-state index contributed by atoms with van der Waals surface area (Å²) in [6.07, 6.45) is 3.26. The largest absolute Gasteiger partial charge is 0.481 e. The van der Waals surface area contributed by atoms with Crippen molar-refractivity contribution in [3.05, 3.63) is 28.4 Å². The molecule has 1 aliphatic rings. The van der Waals surface area contributed by atoms with Crippen LogP contribution in [0.5, 0.6) is 0 Å². The van der Waals surface area contributed by atoms with Crippen LogP contribution in [0.4, 0.5) is 0 Å². The Bertz CT molecular complexity index is 577. The number of amides is 1. The third-order valence-corrected chi connectivity index (χ3v) is 7.31. The molecule has 114 valence electrons. The van der Waals surface area contributed by atoms with Crippen molar-refractivity contribution in [2.24, 2.45) is 5.92 Å². The topological polar surface area (TPSA) is 66.4 Å². The number of aliphatic carboxylic acids is 1. The van der Waals surface area contributed by atoms with E-state index in [1.807, 2.05) is 12.1 Å². The predicted molar refractivity (Wildman–Crippen MR) is 105 cm³/mol. The molecule has 1 aromatic rings. The molecule has 1 fully saturated rings. The highest BCUT2D eigenvalue weighted by atomic mass is 127. The van der Waals surface area contributed by atoms with E-state index in [4.69, 9.17) is 0 Å². The molecule has 0 bridgehead atoms. The van der Waals surface area contributed by atoms with Crippen molar-refractivity contribution in [1.82, 2.24) is 5.32 Å². The third kappa shape index (κ3) is 4.43. The zero-order valence-electron chi connectivity index (χ0n) is 11.0. The Morgan fingerprint density at radius 2 is 1.81 bits per heavy atom. The van der Waals surface area contributed by atoms with Gasteiger partial charge in [0, 0.05) is 16.8 Å². The monoisotopic (exact) mass is 625 g/mol. The van der Waals surface area contributed by atoms with Crippen molar-refractivity contribution >= 4 is 79.6 Å². The van der Waals surface area contributed by atoms with E-state index >= 15 is 0 Å². The van der Waals surface area contributed by atoms with Gasteiger partial charge in [-0.25, -0.2) is 0 Å². The average molecular weight is 625 g/mol. The molecule has 0 aliphatic heterocycles. The molecule has 0 radical (unpaired) electrons. The number of hydrogen-bond donors (Lipinski definition) is 2. The normalized spacial score (nSPS) is 21.9. The summed E-state index contributed by atoms with van der Waals surface area (Å²) in [5.74, 6) is -1.46. The Balaban J connectivity index is 2.19. The van der Waals surface area contributed by atoms with E-state index in [0.29, 0.717) is 12.0 Å². The molecule has 1 aliphatic carbocycles. The van der Waals surface area contributed by atoms with E-state index in [2.05, 4.69) is 73.1 Å². The third-order valence-electron chi connectivity index (χ3n) is 3.64. The molecule has 7 heteroatoms. The van der Waals surface area contributed by atoms with Gasteiger partial charge in [-0.2, -0.15) is 0 Å². The van der Waals surface area contributed by atoms with E-state index in [9.17, 15) is 14.7 Å². The van der Waals surface area contributed by atoms with Gasteiger partial charge in [0.25, 0.3) is 5.91 Å². The second kappa shape index (κ2) is 7.75. The minimum atomic E-state index is -0.813. The first-order valence-corrected chi connectivity index (χ1v) is 9.82. The number of carbonyl (C=O) groups excluding carboxylic acids is 1. The van der Waals surface area contributed by atoms with E-state index < -0.39 is 11.9 Å². The number of hydrogen-bond acceptors (Lipinski definition) is 2. The first-order chi connectivity index (χ1) is 9.90. The molecule has 0 saturated heterocycles. The summed E-state index contributed by atoms with van der Waals surface area (Å²) in [7, 11) is 0. The average Bonchev–Trinajstić information content (AvgIpc) is 2.43. The lowest BCUT2D eigenvalue weighted by atomic mass is 9.84. The van der Waals surface area contributed by atoms with Crippen LogP contribution in [0.15, 0.2) is 12.1 Å². The molecule has 0 heterocycles. The lowest BCUT2D eigenvalue weighted by molar-refractivity contribution is -0.143. The van der Waals surface area contributed by atoms with Crippen LogP contribution in [0.2, 0.25) is 0 Å². The SMILES string of the molecule is O=C(NC1CCCCC1C(=O)O)c1cc(I)cc(I)c1I. The molecule has 2 atom stereocenters. The number of benzene rings is 1. The Labute approximate surface area is 164 Å². The second-order valence-corrected chi connectivity index (χ2v) is 8.54. The van der Waals surface area contributed by atoms with Crippen molar-refractivity contribution < 1.29 is 14.7 Å². The Kier molecular flexibility index (Phi) is 6.53. The van der Waals surface area contributed by atoms with Gasteiger partial charge in [0.05, 0.1) is 11.5 Å². The molecule has 1 saturated carbocycles. The van der Waals surface area contributed by atoms with Crippen molar-refractivity contribution in [2.45, 2.75) is 31.7 Å². The molecule has 21 heavy (non-hydrogen) atoms. The zero-order chi connectivity index (χ0) is 15.6. The van der Waals surface area contributed by atoms with Gasteiger partial charge in [-0.3, -0.25) is 9.59 Å². The summed E-state index contributed by atoms with van der Waals surface area (Å²) in [5, 5.41) is 12.2. The smallest absolute Gasteiger partial charge is 0.308 e. The zero-order valence-corrected chi connectivity index (χ0v) is 17.5. The maximum Gasteiger partial charge on any atom is 0.308 e. The van der Waals surface area contributed by atoms with Crippen LogP contribution in [0.3, 0.4) is 0 Å². The number of nitrogens with one attached hydrogen (secondary N) is 1. The van der Waals surface area contributed by atoms with Crippen molar-refractivity contribution in [3.63, 3.8) is 0 Å². The molecule has 1 amide bonds. The highest BCUT2D eigenvalue weighted by molar-refractivity contribution is 14.1. The first-order valence-electron chi connectivity index (χ1n) is 6.58. The summed E-state index contributed by atoms with van der Waals surface area (Å²) >= 11 is 6.55. The summed E-state index contributed by atoms with van der Waals surface area (Å²) in [6.45, 7) is 0. The van der Waals surface area contributed by atoms with E-state index in [0.717, 1.165) is 30.0 Å². The van der Waals surface area contributed by atoms with Gasteiger partial charge >= 0.3 is 5.97 Å². The summed E-state index contributed by atoms with van der Waals surface area (Å²) in [6, 6.07) is 3.59. The van der Waals surface area contributed by atoms with Crippen LogP contribution in [0.25, 0.3) is 0 Å². The minimum Gasteiger partial charge on any atom is -0.481 e. The molecular formula is C14H14I3NO3. The fourth-order valence-electron chi connectivity index (χ4n) is 2.57. The lowest BCUT2D eigenvalue weighted by Gasteiger charge is -2.29. The van der Waals surface area contributed by atoms with Gasteiger partial charge in [0.1, 0.15) is 0 Å². The maximum absolute atomic E-state index is 12.5. The van der Waals surface area contributed by atoms with Crippen LogP contribution >= 0.6 is 67.8 Å². The number of carboxylic acids is 1. The fraction of sp³-hybridized carbons (Fsp3) is 0.429. The van der Waals surface area contributed by atoms with Crippen LogP contribution in [-0.2, 0) is 4.79 Å². The summed E-state index contributed by atoms with van der Waals surface area (Å²) < 4.78 is 2.94. The summed E-state index contributed by atoms with van der Waals surface area (Å²) in [4.78, 5) is 23.8. The van der Waals surface area contributed by atoms with Crippen molar-refractivity contribution in [1.29, 1.82) is 0 Å². The Morgan fingerprint density at radius 3 is 2.48 bits per heavy atom. The molecule has 0 aromatic heterocycles. The van der Waals surface area contributed by atoms with Gasteiger partial charge < -0.3 is 10.4 Å². The summed E-state index contributed by atoms with van der Waals surface area (Å²) in [5.41, 5.74) is 0.626. The molecule has 1 aromatic carbocycles. The molecule has 2 unspecified atom stereocenters. The van der Waals surface area contributed by atoms with Crippen molar-refractivity contribution in [2.75, 3.05) is 0 Å². The standard InChI is InChI=1S/C14H14I3NO3/c15-7-5-9(12(17)10(16)6-7)13(19)18-11-4-2-1-3-8(11)14(20)21/h5-6,8,11H,1-4H2,(H,18,19)(H,20,21). The number of rotatable bonds is 3. The highest BCUT2D eigenvalue weighted by Crippen LogP contribution is 2.26. The van der Waals surface area contributed by atoms with Gasteiger partial charge in [-0.15, -0.1) is 0 Å². The van der Waals surface area contributed by atoms with Crippen molar-refractivity contribution in [3.8, 4) is 0 Å². The van der Waals surface area contributed by atoms with Gasteiger partial charge in [0.15, 0.2) is 0 Å². The fourth-order valence-corrected chi connectivity index (χ4v) is 4.97. The molecule has 0 spiro atoms. The van der Waals surface area contributed by atoms with Crippen LogP contribution in [0.1, 0.15) is 36.0 Å². The van der Waals surface area contributed by atoms with Crippen LogP contribution in [-0.4, -0.2) is 23.0 Å². The van der Waals surface area contributed by atoms with Gasteiger partial charge in [-0.1, -0.05) is 12.8 Å². The van der Waals surface area contributed by atoms with E-state index in [1.54, 1.807) is 0 Å².